The van der Waals surface area contributed by atoms with E-state index in [1.165, 1.54) is 0 Å². The van der Waals surface area contributed by atoms with Crippen LogP contribution in [0.4, 0.5) is 0 Å². The summed E-state index contributed by atoms with van der Waals surface area (Å²) in [5, 5.41) is 0. The molecule has 1 nitrogen and oxygen atoms in total. The Morgan fingerprint density at radius 2 is 0.500 bits per heavy atom. The first kappa shape index (κ1) is 109. The summed E-state index contributed by atoms with van der Waals surface area (Å²) in [6.45, 7) is 0. The van der Waals surface area contributed by atoms with Gasteiger partial charge in [-0.25, -0.2) is 0 Å². The van der Waals surface area contributed by atoms with Crippen LogP contribution in [0.5, 0.6) is 0 Å². The van der Waals surface area contributed by atoms with Crippen molar-refractivity contribution >= 4 is 0 Å². The van der Waals surface area contributed by atoms with Gasteiger partial charge in [-0.2, -0.15) is 0 Å². The molecular weight excluding hydrogens is 204 g/mol. The summed E-state index contributed by atoms with van der Waals surface area (Å²) in [6.07, 6.45) is 0. The zero-order chi connectivity index (χ0) is 0. The largest absolute Gasteiger partial charge is 4.00 e. The number of halogens is 4. The number of hydrogen-bond acceptors (Lipinski definition) is 0. The minimum absolute atomic E-state index is 0. The molecule has 0 fully saturated rings. The third kappa shape index (κ3) is 40.5. The van der Waals surface area contributed by atoms with Crippen LogP contribution >= 0.6 is 0 Å². The molecule has 0 aromatic heterocycles. The number of nitrogens with zero attached hydrogens (tertiary/aromatic N) is 1. The van der Waals surface area contributed by atoms with E-state index < -0.39 is 0 Å². The minimum Gasteiger partial charge on any atom is -1.00 e. The molecule has 0 unspecified atom stereocenters. The number of hydrogen-bond donors (Lipinski definition) is 0. The number of rotatable bonds is 0. The van der Waals surface area contributed by atoms with Crippen LogP contribution in [-0.4, -0.2) is 0 Å². The van der Waals surface area contributed by atoms with Gasteiger partial charge in [0.1, 0.15) is 0 Å². The third-order valence-corrected chi connectivity index (χ3v) is 0. The first-order chi connectivity index (χ1) is 0. The molecule has 6 heteroatoms. The molecule has 0 saturated heterocycles. The Balaban J connectivity index is 0. The standard InChI is InChI=1S/4ClH.N.Ti/h4*1H;;/q;;;;;+4/p-4. The summed E-state index contributed by atoms with van der Waals surface area (Å²) in [7, 11) is 0. The summed E-state index contributed by atoms with van der Waals surface area (Å²) in [4.78, 5) is 0. The van der Waals surface area contributed by atoms with Gasteiger partial charge in [0.05, 0.1) is 0 Å². The molecule has 0 aromatic carbocycles. The van der Waals surface area contributed by atoms with Crippen molar-refractivity contribution in [2.24, 2.45) is 0 Å². The molecule has 3 radical (unpaired) electrons. The molecule has 0 heterocycles. The molecule has 37 valence electrons. The van der Waals surface area contributed by atoms with Gasteiger partial charge in [0.15, 0.2) is 0 Å². The maximum absolute atomic E-state index is 0. The Labute approximate surface area is 77.1 Å². The zero-order valence-electron chi connectivity index (χ0n) is 2.46. The first-order valence-electron chi connectivity index (χ1n) is 0. The van der Waals surface area contributed by atoms with Crippen LogP contribution < -0.4 is 55.8 Å². The molecule has 0 amide bonds. The van der Waals surface area contributed by atoms with Gasteiger partial charge in [-0.05, 0) is 0 Å². The van der Waals surface area contributed by atoms with Crippen molar-refractivity contribution in [2.75, 3.05) is 0 Å². The van der Waals surface area contributed by atoms with Gasteiger partial charge in [-0.3, -0.25) is 0 Å². The molecule has 0 atom stereocenters. The molecular formula is Cl4NTi. The summed E-state index contributed by atoms with van der Waals surface area (Å²) in [5.41, 5.74) is 0. The maximum Gasteiger partial charge on any atom is 4.00 e. The van der Waals surface area contributed by atoms with E-state index in [0.29, 0.717) is 0 Å². The normalized spacial score (nSPS) is 0. The molecule has 0 aliphatic carbocycles. The average Bonchev–Trinajstić information content (AvgIpc) is 0. The van der Waals surface area contributed by atoms with Crippen molar-refractivity contribution < 1.29 is 71.3 Å². The van der Waals surface area contributed by atoms with Crippen LogP contribution in [0, 0.1) is 0 Å². The second-order valence-corrected chi connectivity index (χ2v) is 0. The quantitative estimate of drug-likeness (QED) is 0.350. The topological polar surface area (TPSA) is 30.5 Å². The van der Waals surface area contributed by atoms with E-state index in [9.17, 15) is 0 Å². The molecule has 0 aliphatic heterocycles. The average molecular weight is 204 g/mol. The van der Waals surface area contributed by atoms with Crippen LogP contribution in [0.2, 0.25) is 0 Å². The van der Waals surface area contributed by atoms with Crippen LogP contribution in [0.1, 0.15) is 0 Å². The van der Waals surface area contributed by atoms with E-state index in [0.717, 1.165) is 0 Å². The Hall–Kier alpha value is 1.83. The zero-order valence-corrected chi connectivity index (χ0v) is 7.04. The van der Waals surface area contributed by atoms with E-state index in [1.54, 1.807) is 0 Å². The first-order valence-corrected chi connectivity index (χ1v) is 0. The molecule has 6 heavy (non-hydrogen) atoms. The van der Waals surface area contributed by atoms with Gasteiger partial charge >= 0.3 is 21.7 Å². The van der Waals surface area contributed by atoms with E-state index in [1.807, 2.05) is 0 Å². The van der Waals surface area contributed by atoms with Crippen molar-refractivity contribution in [3.8, 4) is 0 Å². The van der Waals surface area contributed by atoms with E-state index in [4.69, 9.17) is 0 Å². The minimum atomic E-state index is 0. The summed E-state index contributed by atoms with van der Waals surface area (Å²) >= 11 is 0. The second-order valence-electron chi connectivity index (χ2n) is 0. The molecule has 0 bridgehead atoms. The Bertz CT molecular complexity index is 7.51. The van der Waals surface area contributed by atoms with E-state index >= 15 is 0 Å². The van der Waals surface area contributed by atoms with E-state index in [-0.39, 0.29) is 77.5 Å². The maximum atomic E-state index is 0. The summed E-state index contributed by atoms with van der Waals surface area (Å²) in [5.74, 6) is 0. The molecule has 0 saturated carbocycles. The fraction of sp³-hybridized carbons (Fsp3) is 0. The van der Waals surface area contributed by atoms with Gasteiger partial charge in [0.2, 0.25) is 0 Å². The van der Waals surface area contributed by atoms with Crippen molar-refractivity contribution in [3.05, 3.63) is 0 Å². The van der Waals surface area contributed by atoms with Gasteiger partial charge in [0.25, 0.3) is 0 Å². The Morgan fingerprint density at radius 3 is 0.500 bits per heavy atom. The molecule has 0 N–H and O–H groups in total. The predicted octanol–water partition coefficient (Wildman–Crippen LogP) is -12.5. The second kappa shape index (κ2) is 69.1. The van der Waals surface area contributed by atoms with Gasteiger partial charge in [-0.1, -0.05) is 0 Å². The summed E-state index contributed by atoms with van der Waals surface area (Å²) in [6, 6.07) is 0. The fourth-order valence-corrected chi connectivity index (χ4v) is 0. The van der Waals surface area contributed by atoms with Gasteiger partial charge < -0.3 is 49.6 Å². The molecule has 0 rings (SSSR count). The molecule has 0 aliphatic rings. The van der Waals surface area contributed by atoms with Gasteiger partial charge in [-0.15, -0.1) is 0 Å². The molecule has 0 aromatic rings. The van der Waals surface area contributed by atoms with E-state index in [2.05, 4.69) is 0 Å². The molecule has 0 spiro atoms. The SMILES string of the molecule is [Cl-].[Cl-].[Cl-].[Cl-].[N].[Ti+4]. The monoisotopic (exact) mass is 202 g/mol. The van der Waals surface area contributed by atoms with Crippen molar-refractivity contribution in [2.45, 2.75) is 0 Å². The third-order valence-electron chi connectivity index (χ3n) is 0. The van der Waals surface area contributed by atoms with Gasteiger partial charge in [0, 0.05) is 6.15 Å². The van der Waals surface area contributed by atoms with Crippen molar-refractivity contribution in [1.29, 1.82) is 0 Å². The summed E-state index contributed by atoms with van der Waals surface area (Å²) < 4.78 is 0. The van der Waals surface area contributed by atoms with Crippen LogP contribution in [-0.2, 0) is 21.7 Å². The Kier molecular flexibility index (Phi) is 1250. The van der Waals surface area contributed by atoms with Crippen molar-refractivity contribution in [1.82, 2.24) is 6.15 Å². The smallest absolute Gasteiger partial charge is 1.00 e. The predicted molar refractivity (Wildman–Crippen MR) is 2.13 cm³/mol. The fourth-order valence-electron chi connectivity index (χ4n) is 0. The van der Waals surface area contributed by atoms with Crippen LogP contribution in [0.3, 0.4) is 0 Å². The van der Waals surface area contributed by atoms with Crippen LogP contribution in [0.15, 0.2) is 0 Å². The Morgan fingerprint density at radius 1 is 0.500 bits per heavy atom. The van der Waals surface area contributed by atoms with Crippen LogP contribution in [0.25, 0.3) is 0 Å². The van der Waals surface area contributed by atoms with Crippen molar-refractivity contribution in [3.63, 3.8) is 0 Å².